The van der Waals surface area contributed by atoms with Crippen molar-refractivity contribution in [3.63, 3.8) is 0 Å². The van der Waals surface area contributed by atoms with Gasteiger partial charge in [-0.25, -0.2) is 0 Å². The molecule has 104 valence electrons. The van der Waals surface area contributed by atoms with E-state index in [-0.39, 0.29) is 6.04 Å². The SMILES string of the molecule is N[C@H](c1ccccc1)[C@@H]1CCCN1Cc1ccccc1. The maximum atomic E-state index is 6.50. The Kier molecular flexibility index (Phi) is 4.14. The minimum absolute atomic E-state index is 0.113. The Morgan fingerprint density at radius 3 is 2.35 bits per heavy atom. The van der Waals surface area contributed by atoms with E-state index >= 15 is 0 Å². The number of nitrogens with two attached hydrogens (primary N) is 1. The first-order valence-corrected chi connectivity index (χ1v) is 7.43. The fraction of sp³-hybridized carbons (Fsp3) is 0.333. The normalized spacial score (nSPS) is 20.9. The maximum Gasteiger partial charge on any atom is 0.0453 e. The molecule has 2 N–H and O–H groups in total. The number of rotatable bonds is 4. The van der Waals surface area contributed by atoms with Crippen LogP contribution in [0.4, 0.5) is 0 Å². The van der Waals surface area contributed by atoms with Crippen molar-refractivity contribution in [1.29, 1.82) is 0 Å². The van der Waals surface area contributed by atoms with Crippen LogP contribution in [0.3, 0.4) is 0 Å². The molecule has 0 spiro atoms. The van der Waals surface area contributed by atoms with Crippen molar-refractivity contribution in [3.8, 4) is 0 Å². The second kappa shape index (κ2) is 6.21. The van der Waals surface area contributed by atoms with Gasteiger partial charge in [-0.3, -0.25) is 4.90 Å². The Labute approximate surface area is 121 Å². The van der Waals surface area contributed by atoms with Gasteiger partial charge in [0.2, 0.25) is 0 Å². The summed E-state index contributed by atoms with van der Waals surface area (Å²) in [7, 11) is 0. The van der Waals surface area contributed by atoms with Crippen LogP contribution in [0.25, 0.3) is 0 Å². The van der Waals surface area contributed by atoms with Gasteiger partial charge in [-0.2, -0.15) is 0 Å². The Hall–Kier alpha value is -1.64. The zero-order chi connectivity index (χ0) is 13.8. The fourth-order valence-corrected chi connectivity index (χ4v) is 3.17. The van der Waals surface area contributed by atoms with Crippen LogP contribution in [0, 0.1) is 0 Å². The number of nitrogens with zero attached hydrogens (tertiary/aromatic N) is 1. The lowest BCUT2D eigenvalue weighted by Gasteiger charge is -2.29. The van der Waals surface area contributed by atoms with E-state index in [0.717, 1.165) is 13.1 Å². The van der Waals surface area contributed by atoms with Gasteiger partial charge in [0, 0.05) is 18.6 Å². The van der Waals surface area contributed by atoms with Gasteiger partial charge >= 0.3 is 0 Å². The van der Waals surface area contributed by atoms with E-state index in [9.17, 15) is 0 Å². The molecule has 2 aromatic rings. The molecule has 0 aromatic heterocycles. The predicted molar refractivity (Wildman–Crippen MR) is 83.2 cm³/mol. The van der Waals surface area contributed by atoms with Gasteiger partial charge in [0.15, 0.2) is 0 Å². The van der Waals surface area contributed by atoms with E-state index in [1.165, 1.54) is 24.0 Å². The molecule has 0 unspecified atom stereocenters. The Morgan fingerprint density at radius 1 is 1.00 bits per heavy atom. The zero-order valence-corrected chi connectivity index (χ0v) is 11.8. The van der Waals surface area contributed by atoms with Crippen LogP contribution >= 0.6 is 0 Å². The van der Waals surface area contributed by atoms with Crippen molar-refractivity contribution < 1.29 is 0 Å². The average Bonchev–Trinajstić information content (AvgIpc) is 2.96. The molecule has 1 heterocycles. The van der Waals surface area contributed by atoms with E-state index in [4.69, 9.17) is 5.73 Å². The first kappa shape index (κ1) is 13.3. The van der Waals surface area contributed by atoms with Crippen LogP contribution in [0.5, 0.6) is 0 Å². The van der Waals surface area contributed by atoms with E-state index in [2.05, 4.69) is 59.5 Å². The molecular weight excluding hydrogens is 244 g/mol. The van der Waals surface area contributed by atoms with Crippen molar-refractivity contribution in [3.05, 3.63) is 71.8 Å². The van der Waals surface area contributed by atoms with Crippen LogP contribution in [-0.4, -0.2) is 17.5 Å². The van der Waals surface area contributed by atoms with Crippen LogP contribution < -0.4 is 5.73 Å². The summed E-state index contributed by atoms with van der Waals surface area (Å²) < 4.78 is 0. The van der Waals surface area contributed by atoms with Gasteiger partial charge in [0.1, 0.15) is 0 Å². The van der Waals surface area contributed by atoms with Gasteiger partial charge < -0.3 is 5.73 Å². The lowest BCUT2D eigenvalue weighted by atomic mass is 9.98. The smallest absolute Gasteiger partial charge is 0.0453 e. The molecule has 1 aliphatic heterocycles. The minimum atomic E-state index is 0.113. The zero-order valence-electron chi connectivity index (χ0n) is 11.8. The summed E-state index contributed by atoms with van der Waals surface area (Å²) in [4.78, 5) is 2.53. The molecule has 3 rings (SSSR count). The van der Waals surface area contributed by atoms with Crippen LogP contribution in [0.15, 0.2) is 60.7 Å². The highest BCUT2D eigenvalue weighted by atomic mass is 15.2. The average molecular weight is 266 g/mol. The highest BCUT2D eigenvalue weighted by molar-refractivity contribution is 5.21. The number of likely N-dealkylation sites (tertiary alicyclic amines) is 1. The first-order valence-electron chi connectivity index (χ1n) is 7.43. The van der Waals surface area contributed by atoms with Crippen molar-refractivity contribution in [2.24, 2.45) is 5.73 Å². The van der Waals surface area contributed by atoms with E-state index in [1.54, 1.807) is 0 Å². The van der Waals surface area contributed by atoms with Crippen LogP contribution in [0.1, 0.15) is 30.0 Å². The highest BCUT2D eigenvalue weighted by Gasteiger charge is 2.30. The Morgan fingerprint density at radius 2 is 1.65 bits per heavy atom. The molecule has 0 bridgehead atoms. The van der Waals surface area contributed by atoms with Gasteiger partial charge in [-0.1, -0.05) is 60.7 Å². The summed E-state index contributed by atoms with van der Waals surface area (Å²) >= 11 is 0. The number of hydrogen-bond acceptors (Lipinski definition) is 2. The van der Waals surface area contributed by atoms with Crippen molar-refractivity contribution in [1.82, 2.24) is 4.90 Å². The monoisotopic (exact) mass is 266 g/mol. The van der Waals surface area contributed by atoms with Gasteiger partial charge in [-0.15, -0.1) is 0 Å². The van der Waals surface area contributed by atoms with Crippen LogP contribution in [-0.2, 0) is 6.54 Å². The van der Waals surface area contributed by atoms with Crippen LogP contribution in [0.2, 0.25) is 0 Å². The van der Waals surface area contributed by atoms with Crippen molar-refractivity contribution >= 4 is 0 Å². The summed E-state index contributed by atoms with van der Waals surface area (Å²) in [5.74, 6) is 0. The molecule has 0 amide bonds. The quantitative estimate of drug-likeness (QED) is 0.919. The van der Waals surface area contributed by atoms with Crippen molar-refractivity contribution in [2.45, 2.75) is 31.5 Å². The molecule has 2 aromatic carbocycles. The molecule has 0 radical (unpaired) electrons. The molecule has 1 saturated heterocycles. The minimum Gasteiger partial charge on any atom is -0.323 e. The van der Waals surface area contributed by atoms with Gasteiger partial charge in [0.05, 0.1) is 0 Å². The summed E-state index contributed by atoms with van der Waals surface area (Å²) in [6.45, 7) is 2.16. The molecule has 2 nitrogen and oxygen atoms in total. The van der Waals surface area contributed by atoms with E-state index < -0.39 is 0 Å². The Balaban J connectivity index is 1.72. The largest absolute Gasteiger partial charge is 0.323 e. The molecule has 0 saturated carbocycles. The van der Waals surface area contributed by atoms with Gasteiger partial charge in [-0.05, 0) is 30.5 Å². The molecular formula is C18H22N2. The second-order valence-corrected chi connectivity index (χ2v) is 5.60. The second-order valence-electron chi connectivity index (χ2n) is 5.60. The summed E-state index contributed by atoms with van der Waals surface area (Å²) in [6, 6.07) is 21.7. The highest BCUT2D eigenvalue weighted by Crippen LogP contribution is 2.28. The lowest BCUT2D eigenvalue weighted by molar-refractivity contribution is 0.216. The molecule has 1 fully saturated rings. The lowest BCUT2D eigenvalue weighted by Crippen LogP contribution is -2.37. The fourth-order valence-electron chi connectivity index (χ4n) is 3.17. The van der Waals surface area contributed by atoms with Crippen molar-refractivity contribution in [2.75, 3.05) is 6.54 Å². The molecule has 1 aliphatic rings. The standard InChI is InChI=1S/C18H22N2/c19-18(16-10-5-2-6-11-16)17-12-7-13-20(17)14-15-8-3-1-4-9-15/h1-6,8-11,17-18H,7,12-14,19H2/t17-,18+/m0/s1. The third-order valence-electron chi connectivity index (χ3n) is 4.24. The molecule has 0 aliphatic carbocycles. The summed E-state index contributed by atoms with van der Waals surface area (Å²) in [5.41, 5.74) is 9.13. The van der Waals surface area contributed by atoms with E-state index in [0.29, 0.717) is 6.04 Å². The topological polar surface area (TPSA) is 29.3 Å². The van der Waals surface area contributed by atoms with Gasteiger partial charge in [0.25, 0.3) is 0 Å². The third kappa shape index (κ3) is 2.92. The predicted octanol–water partition coefficient (Wildman–Crippen LogP) is 3.35. The van der Waals surface area contributed by atoms with E-state index in [1.807, 2.05) is 6.07 Å². The molecule has 2 heteroatoms. The number of hydrogen-bond donors (Lipinski definition) is 1. The first-order chi connectivity index (χ1) is 9.84. The maximum absolute atomic E-state index is 6.50. The molecule has 2 atom stereocenters. The Bertz CT molecular complexity index is 524. The molecule has 20 heavy (non-hydrogen) atoms. The summed E-state index contributed by atoms with van der Waals surface area (Å²) in [6.07, 6.45) is 2.45. The summed E-state index contributed by atoms with van der Waals surface area (Å²) in [5, 5.41) is 0. The third-order valence-corrected chi connectivity index (χ3v) is 4.24. The number of benzene rings is 2.